The van der Waals surface area contributed by atoms with Crippen LogP contribution < -0.4 is 11.1 Å². The number of carbonyl (C=O) groups excluding carboxylic acids is 1. The average molecular weight is 584 g/mol. The Kier molecular flexibility index (Phi) is 10.5. The molecule has 1 amide bonds. The van der Waals surface area contributed by atoms with E-state index in [0.717, 1.165) is 60.1 Å². The van der Waals surface area contributed by atoms with E-state index in [4.69, 9.17) is 20.5 Å². The number of fused-ring (bicyclic) bond motifs is 1. The Morgan fingerprint density at radius 3 is 2.21 bits per heavy atom. The molecule has 5 rings (SSSR count). The van der Waals surface area contributed by atoms with E-state index in [2.05, 4.69) is 47.7 Å². The molecule has 1 atom stereocenters. The van der Waals surface area contributed by atoms with E-state index in [1.165, 1.54) is 18.4 Å². The number of piperidine rings is 1. The zero-order valence-electron chi connectivity index (χ0n) is 24.2. The van der Waals surface area contributed by atoms with E-state index in [9.17, 15) is 14.4 Å². The highest BCUT2D eigenvalue weighted by atomic mass is 16.5. The topological polar surface area (TPSA) is 156 Å². The van der Waals surface area contributed by atoms with Crippen molar-refractivity contribution in [1.82, 2.24) is 10.5 Å². The summed E-state index contributed by atoms with van der Waals surface area (Å²) in [6, 6.07) is 24.2. The van der Waals surface area contributed by atoms with Crippen LogP contribution in [0.4, 0.5) is 0 Å². The van der Waals surface area contributed by atoms with Crippen molar-refractivity contribution >= 4 is 28.8 Å². The number of aromatic nitrogens is 1. The molecule has 5 N–H and O–H groups in total. The summed E-state index contributed by atoms with van der Waals surface area (Å²) in [5.41, 5.74) is 11.2. The summed E-state index contributed by atoms with van der Waals surface area (Å²) in [6.45, 7) is 4.60. The van der Waals surface area contributed by atoms with Gasteiger partial charge in [0.05, 0.1) is 11.1 Å². The summed E-state index contributed by atoms with van der Waals surface area (Å²) in [5.74, 6) is -2.30. The summed E-state index contributed by atoms with van der Waals surface area (Å²) in [6.07, 6.45) is 6.38. The minimum atomic E-state index is -1.26. The van der Waals surface area contributed by atoms with E-state index in [0.29, 0.717) is 23.6 Å². The Bertz CT molecular complexity index is 1570. The number of carboxylic acid groups (broad SMARTS) is 2. The van der Waals surface area contributed by atoms with Crippen LogP contribution in [0.1, 0.15) is 47.8 Å². The summed E-state index contributed by atoms with van der Waals surface area (Å²) in [4.78, 5) is 31.2. The molecule has 0 saturated carbocycles. The van der Waals surface area contributed by atoms with Crippen molar-refractivity contribution in [3.05, 3.63) is 102 Å². The molecule has 43 heavy (non-hydrogen) atoms. The predicted octanol–water partition coefficient (Wildman–Crippen LogP) is 5.49. The Morgan fingerprint density at radius 1 is 0.930 bits per heavy atom. The van der Waals surface area contributed by atoms with Crippen molar-refractivity contribution in [3.8, 4) is 11.1 Å². The SMILES string of the molecule is CC(CCc1noc2cccc(-c3ccccc3C(N)=O)c12)(Cc1ccccc1)C1CCNCC1.O=C(O)/C=C\C(=O)O. The normalized spacial score (nSPS) is 15.0. The molecule has 0 radical (unpaired) electrons. The zero-order valence-corrected chi connectivity index (χ0v) is 24.2. The van der Waals surface area contributed by atoms with E-state index in [1.807, 2.05) is 36.4 Å². The van der Waals surface area contributed by atoms with Gasteiger partial charge in [-0.25, -0.2) is 9.59 Å². The molecule has 1 fully saturated rings. The van der Waals surface area contributed by atoms with Crippen LogP contribution in [0, 0.1) is 11.3 Å². The quantitative estimate of drug-likeness (QED) is 0.179. The van der Waals surface area contributed by atoms with Gasteiger partial charge in [-0.05, 0) is 85.3 Å². The van der Waals surface area contributed by atoms with Gasteiger partial charge < -0.3 is 25.8 Å². The number of amides is 1. The number of hydrogen-bond acceptors (Lipinski definition) is 6. The first-order chi connectivity index (χ1) is 20.7. The van der Waals surface area contributed by atoms with E-state index in [1.54, 1.807) is 6.07 Å². The van der Waals surface area contributed by atoms with Crippen molar-refractivity contribution in [2.45, 2.75) is 39.0 Å². The van der Waals surface area contributed by atoms with Crippen molar-refractivity contribution in [2.24, 2.45) is 17.1 Å². The molecule has 3 aromatic carbocycles. The lowest BCUT2D eigenvalue weighted by Gasteiger charge is -2.40. The van der Waals surface area contributed by atoms with Gasteiger partial charge in [0.15, 0.2) is 5.58 Å². The largest absolute Gasteiger partial charge is 0.478 e. The Balaban J connectivity index is 0.000000467. The standard InChI is InChI=1S/C30H33N3O2.C4H4O4/c1-30(22-15-18-32-19-16-22,20-21-8-3-2-4-9-21)17-14-26-28-24(12-7-13-27(28)35-33-26)23-10-5-6-11-25(23)29(31)34;5-3(6)1-2-4(7)8/h2-13,22,32H,14-20H2,1H3,(H2,31,34);1-2H,(H,5,6)(H,7,8)/b;2-1-. The Hall–Kier alpha value is -4.76. The molecule has 1 aliphatic heterocycles. The third-order valence-corrected chi connectivity index (χ3v) is 8.13. The molecule has 9 heteroatoms. The highest BCUT2D eigenvalue weighted by molar-refractivity contribution is 6.05. The number of carboxylic acids is 2. The maximum absolute atomic E-state index is 12.1. The molecular weight excluding hydrogens is 546 g/mol. The number of rotatable bonds is 10. The van der Waals surface area contributed by atoms with Crippen molar-refractivity contribution in [2.75, 3.05) is 13.1 Å². The Morgan fingerprint density at radius 2 is 1.56 bits per heavy atom. The van der Waals surface area contributed by atoms with Crippen LogP contribution in [-0.2, 0) is 22.4 Å². The number of aliphatic carboxylic acids is 2. The highest BCUT2D eigenvalue weighted by Crippen LogP contribution is 2.42. The second-order valence-corrected chi connectivity index (χ2v) is 11.1. The van der Waals surface area contributed by atoms with Gasteiger partial charge in [0.2, 0.25) is 5.91 Å². The number of carbonyl (C=O) groups is 3. The summed E-state index contributed by atoms with van der Waals surface area (Å²) >= 11 is 0. The number of aryl methyl sites for hydroxylation is 1. The highest BCUT2D eigenvalue weighted by Gasteiger charge is 2.35. The smallest absolute Gasteiger partial charge is 0.328 e. The molecule has 1 aliphatic rings. The Labute approximate surface area is 250 Å². The third-order valence-electron chi connectivity index (χ3n) is 8.13. The number of nitrogens with zero attached hydrogens (tertiary/aromatic N) is 1. The van der Waals surface area contributed by atoms with Gasteiger partial charge >= 0.3 is 11.9 Å². The van der Waals surface area contributed by atoms with Crippen molar-refractivity contribution < 1.29 is 29.1 Å². The van der Waals surface area contributed by atoms with Crippen LogP contribution in [0.25, 0.3) is 22.1 Å². The van der Waals surface area contributed by atoms with Gasteiger partial charge in [0.1, 0.15) is 0 Å². The molecule has 1 unspecified atom stereocenters. The van der Waals surface area contributed by atoms with Crippen molar-refractivity contribution in [3.63, 3.8) is 0 Å². The first-order valence-electron chi connectivity index (χ1n) is 14.3. The summed E-state index contributed by atoms with van der Waals surface area (Å²) in [7, 11) is 0. The van der Waals surface area contributed by atoms with Crippen molar-refractivity contribution in [1.29, 1.82) is 0 Å². The number of nitrogens with two attached hydrogens (primary N) is 1. The molecule has 0 aliphatic carbocycles. The molecular formula is C34H37N3O6. The van der Waals surface area contributed by atoms with Gasteiger partial charge in [0, 0.05) is 17.7 Å². The number of hydrogen-bond donors (Lipinski definition) is 4. The van der Waals surface area contributed by atoms with Crippen LogP contribution in [0.2, 0.25) is 0 Å². The molecule has 224 valence electrons. The van der Waals surface area contributed by atoms with Gasteiger partial charge in [-0.2, -0.15) is 0 Å². The fourth-order valence-electron chi connectivity index (χ4n) is 5.95. The van der Waals surface area contributed by atoms with Gasteiger partial charge in [-0.3, -0.25) is 4.79 Å². The van der Waals surface area contributed by atoms with Crippen LogP contribution in [0.3, 0.4) is 0 Å². The van der Waals surface area contributed by atoms with Gasteiger partial charge in [-0.1, -0.05) is 72.7 Å². The molecule has 1 aromatic heterocycles. The average Bonchev–Trinajstić information content (AvgIpc) is 3.44. The molecule has 1 saturated heterocycles. The molecule has 4 aromatic rings. The lowest BCUT2D eigenvalue weighted by Crippen LogP contribution is -2.39. The number of nitrogens with one attached hydrogen (secondary N) is 1. The van der Waals surface area contributed by atoms with Gasteiger partial charge in [-0.15, -0.1) is 0 Å². The van der Waals surface area contributed by atoms with Gasteiger partial charge in [0.25, 0.3) is 0 Å². The van der Waals surface area contributed by atoms with E-state index in [-0.39, 0.29) is 5.41 Å². The second kappa shape index (κ2) is 14.4. The maximum atomic E-state index is 12.1. The minimum Gasteiger partial charge on any atom is -0.478 e. The van der Waals surface area contributed by atoms with E-state index >= 15 is 0 Å². The first-order valence-corrected chi connectivity index (χ1v) is 14.3. The zero-order chi connectivity index (χ0) is 30.8. The third kappa shape index (κ3) is 8.17. The molecule has 0 spiro atoms. The lowest BCUT2D eigenvalue weighted by atomic mass is 9.66. The fraction of sp³-hybridized carbons (Fsp3) is 0.294. The predicted molar refractivity (Wildman–Crippen MR) is 165 cm³/mol. The first kappa shape index (κ1) is 31.2. The van der Waals surface area contributed by atoms with Crippen LogP contribution in [-0.4, -0.2) is 46.3 Å². The van der Waals surface area contributed by atoms with Crippen LogP contribution >= 0.6 is 0 Å². The number of primary amides is 1. The molecule has 2 heterocycles. The fourth-order valence-corrected chi connectivity index (χ4v) is 5.95. The summed E-state index contributed by atoms with van der Waals surface area (Å²) < 4.78 is 5.76. The second-order valence-electron chi connectivity index (χ2n) is 11.1. The number of benzene rings is 3. The van der Waals surface area contributed by atoms with Crippen LogP contribution in [0.15, 0.2) is 89.5 Å². The molecule has 0 bridgehead atoms. The lowest BCUT2D eigenvalue weighted by molar-refractivity contribution is -0.134. The van der Waals surface area contributed by atoms with E-state index < -0.39 is 17.8 Å². The minimum absolute atomic E-state index is 0.148. The monoisotopic (exact) mass is 583 g/mol. The molecule has 9 nitrogen and oxygen atoms in total. The summed E-state index contributed by atoms with van der Waals surface area (Å²) in [5, 5.41) is 24.6. The maximum Gasteiger partial charge on any atom is 0.328 e. The van der Waals surface area contributed by atoms with Crippen LogP contribution in [0.5, 0.6) is 0 Å².